The fraction of sp³-hybridized carbons (Fsp3) is 0. The summed E-state index contributed by atoms with van der Waals surface area (Å²) >= 11 is 0. The highest BCUT2D eigenvalue weighted by molar-refractivity contribution is 6.20. The van der Waals surface area contributed by atoms with Gasteiger partial charge in [0.1, 0.15) is 22.3 Å². The van der Waals surface area contributed by atoms with E-state index in [2.05, 4.69) is 94.1 Å². The Labute approximate surface area is 318 Å². The summed E-state index contributed by atoms with van der Waals surface area (Å²) < 4.78 is 17.3. The van der Waals surface area contributed by atoms with E-state index in [1.54, 1.807) is 0 Å². The van der Waals surface area contributed by atoms with Crippen molar-refractivity contribution in [2.45, 2.75) is 0 Å². The fourth-order valence-corrected chi connectivity index (χ4v) is 8.76. The van der Waals surface area contributed by atoms with Crippen LogP contribution in [0.4, 0.5) is 0 Å². The first kappa shape index (κ1) is 30.4. The quantitative estimate of drug-likeness (QED) is 0.182. The third kappa shape index (κ3) is 4.24. The molecule has 4 heterocycles. The van der Waals surface area contributed by atoms with Crippen molar-refractivity contribution in [2.24, 2.45) is 0 Å². The summed E-state index contributed by atoms with van der Waals surface area (Å²) in [6.07, 6.45) is 0. The number of benzene rings is 8. The molecule has 0 fully saturated rings. The highest BCUT2D eigenvalue weighted by atomic mass is 16.3. The van der Waals surface area contributed by atoms with Crippen molar-refractivity contribution in [2.75, 3.05) is 0 Å². The Bertz CT molecular complexity index is 3460. The smallest absolute Gasteiger partial charge is 0.137 e. The second-order valence-corrected chi connectivity index (χ2v) is 14.4. The zero-order valence-corrected chi connectivity index (χ0v) is 29.6. The van der Waals surface area contributed by atoms with E-state index in [0.29, 0.717) is 11.1 Å². The van der Waals surface area contributed by atoms with Crippen LogP contribution in [0.3, 0.4) is 0 Å². The van der Waals surface area contributed by atoms with Crippen LogP contribution in [-0.4, -0.2) is 9.13 Å². The van der Waals surface area contributed by atoms with Crippen LogP contribution in [0, 0.1) is 22.7 Å². The molecule has 0 aliphatic carbocycles. The molecule has 8 aromatic carbocycles. The Hall–Kier alpha value is -8.06. The molecule has 0 unspecified atom stereocenters. The number of aromatic nitrogens is 2. The molecule has 12 aromatic rings. The second kappa shape index (κ2) is 11.2. The molecule has 258 valence electrons. The minimum Gasteiger partial charge on any atom is -0.456 e. The van der Waals surface area contributed by atoms with Crippen molar-refractivity contribution in [3.8, 4) is 34.6 Å². The third-order valence-corrected chi connectivity index (χ3v) is 11.4. The molecule has 4 aromatic heterocycles. The highest BCUT2D eigenvalue weighted by Crippen LogP contribution is 2.42. The molecular formula is C50H26N4O2. The van der Waals surface area contributed by atoms with E-state index >= 15 is 0 Å². The van der Waals surface area contributed by atoms with Gasteiger partial charge in [0.25, 0.3) is 0 Å². The Morgan fingerprint density at radius 1 is 0.339 bits per heavy atom. The third-order valence-electron chi connectivity index (χ3n) is 11.4. The predicted octanol–water partition coefficient (Wildman–Crippen LogP) is 13.1. The monoisotopic (exact) mass is 714 g/mol. The Morgan fingerprint density at radius 2 is 0.750 bits per heavy atom. The average Bonchev–Trinajstić information content (AvgIpc) is 3.98. The van der Waals surface area contributed by atoms with Gasteiger partial charge >= 0.3 is 0 Å². The average molecular weight is 715 g/mol. The number of fused-ring (bicyclic) bond motifs is 12. The van der Waals surface area contributed by atoms with Crippen molar-refractivity contribution in [1.29, 1.82) is 10.5 Å². The van der Waals surface area contributed by atoms with E-state index in [1.807, 2.05) is 84.9 Å². The van der Waals surface area contributed by atoms with E-state index in [-0.39, 0.29) is 0 Å². The van der Waals surface area contributed by atoms with E-state index in [9.17, 15) is 10.5 Å². The first-order chi connectivity index (χ1) is 27.6. The maximum absolute atomic E-state index is 9.53. The second-order valence-electron chi connectivity index (χ2n) is 14.4. The lowest BCUT2D eigenvalue weighted by atomic mass is 10.00. The van der Waals surface area contributed by atoms with Crippen LogP contribution in [0.25, 0.3) is 110 Å². The largest absolute Gasteiger partial charge is 0.456 e. The van der Waals surface area contributed by atoms with Gasteiger partial charge < -0.3 is 18.0 Å². The number of furan rings is 2. The molecule has 0 N–H and O–H groups in total. The van der Waals surface area contributed by atoms with E-state index in [1.165, 1.54) is 0 Å². The molecule has 0 atom stereocenters. The summed E-state index contributed by atoms with van der Waals surface area (Å²) in [7, 11) is 0. The van der Waals surface area contributed by atoms with Gasteiger partial charge in [0, 0.05) is 66.6 Å². The molecule has 0 radical (unpaired) electrons. The van der Waals surface area contributed by atoms with Gasteiger partial charge in [0.05, 0.1) is 45.3 Å². The lowest BCUT2D eigenvalue weighted by molar-refractivity contribution is 0.669. The molecule has 0 aliphatic heterocycles. The molecule has 0 bridgehead atoms. The summed E-state index contributed by atoms with van der Waals surface area (Å²) in [5, 5.41) is 27.9. The molecule has 0 saturated carbocycles. The maximum Gasteiger partial charge on any atom is 0.137 e. The van der Waals surface area contributed by atoms with Gasteiger partial charge in [-0.25, -0.2) is 0 Å². The van der Waals surface area contributed by atoms with Gasteiger partial charge in [0.2, 0.25) is 0 Å². The molecule has 0 saturated heterocycles. The predicted molar refractivity (Wildman–Crippen MR) is 225 cm³/mol. The molecule has 56 heavy (non-hydrogen) atoms. The lowest BCUT2D eigenvalue weighted by Crippen LogP contribution is -1.94. The van der Waals surface area contributed by atoms with Crippen molar-refractivity contribution in [1.82, 2.24) is 9.13 Å². The van der Waals surface area contributed by atoms with Gasteiger partial charge in [-0.1, -0.05) is 48.5 Å². The zero-order valence-electron chi connectivity index (χ0n) is 29.6. The standard InChI is InChI=1S/C50H26N4O2/c51-27-29-9-15-33(16-10-29)53-43-19-13-31(21-37(43)39-23-41-35-5-1-3-7-47(35)55-49(41)25-45(39)53)32-14-20-44-38(22-32)40-24-42-36-6-2-4-8-48(36)56-50(42)26-46(40)54(44)34-17-11-30(28-52)12-18-34/h1-26H. The van der Waals surface area contributed by atoms with Crippen LogP contribution in [0.2, 0.25) is 0 Å². The first-order valence-corrected chi connectivity index (χ1v) is 18.4. The van der Waals surface area contributed by atoms with E-state index in [4.69, 9.17) is 8.83 Å². The van der Waals surface area contributed by atoms with Crippen LogP contribution in [-0.2, 0) is 0 Å². The molecule has 6 heteroatoms. The summed E-state index contributed by atoms with van der Waals surface area (Å²) in [5.41, 5.74) is 13.0. The van der Waals surface area contributed by atoms with E-state index in [0.717, 1.165) is 110 Å². The first-order valence-electron chi connectivity index (χ1n) is 18.4. The van der Waals surface area contributed by atoms with Crippen LogP contribution in [0.15, 0.2) is 167 Å². The molecule has 6 nitrogen and oxygen atoms in total. The van der Waals surface area contributed by atoms with Crippen molar-refractivity contribution in [3.63, 3.8) is 0 Å². The molecular weight excluding hydrogens is 689 g/mol. The number of nitrogens with zero attached hydrogens (tertiary/aromatic N) is 4. The Balaban J connectivity index is 1.12. The molecule has 0 aliphatic rings. The lowest BCUT2D eigenvalue weighted by Gasteiger charge is -2.09. The van der Waals surface area contributed by atoms with Gasteiger partial charge in [-0.05, 0) is 108 Å². The van der Waals surface area contributed by atoms with E-state index < -0.39 is 0 Å². The van der Waals surface area contributed by atoms with Crippen molar-refractivity contribution in [3.05, 3.63) is 169 Å². The summed E-state index contributed by atoms with van der Waals surface area (Å²) in [4.78, 5) is 0. The number of hydrogen-bond acceptors (Lipinski definition) is 4. The van der Waals surface area contributed by atoms with Crippen LogP contribution >= 0.6 is 0 Å². The maximum atomic E-state index is 9.53. The summed E-state index contributed by atoms with van der Waals surface area (Å²) in [5.74, 6) is 0. The number of rotatable bonds is 3. The summed E-state index contributed by atoms with van der Waals surface area (Å²) in [6, 6.07) is 58.6. The number of nitriles is 2. The molecule has 0 spiro atoms. The Kier molecular flexibility index (Phi) is 6.10. The fourth-order valence-electron chi connectivity index (χ4n) is 8.76. The summed E-state index contributed by atoms with van der Waals surface area (Å²) in [6.45, 7) is 0. The minimum atomic E-state index is 0.620. The van der Waals surface area contributed by atoms with Crippen molar-refractivity contribution < 1.29 is 8.83 Å². The molecule has 12 rings (SSSR count). The van der Waals surface area contributed by atoms with Gasteiger partial charge in [-0.15, -0.1) is 0 Å². The highest BCUT2D eigenvalue weighted by Gasteiger charge is 2.20. The van der Waals surface area contributed by atoms with Gasteiger partial charge in [-0.2, -0.15) is 10.5 Å². The van der Waals surface area contributed by atoms with Gasteiger partial charge in [0.15, 0.2) is 0 Å². The minimum absolute atomic E-state index is 0.620. The van der Waals surface area contributed by atoms with Crippen molar-refractivity contribution >= 4 is 87.5 Å². The molecule has 0 amide bonds. The number of hydrogen-bond donors (Lipinski definition) is 0. The SMILES string of the molecule is N#Cc1ccc(-n2c3ccc(-c4ccc5c(c4)c4cc6c(cc4n5-c4ccc(C#N)cc4)oc4ccccc46)cc3c3cc4c(cc32)oc2ccccc24)cc1. The number of para-hydroxylation sites is 2. The topological polar surface area (TPSA) is 83.7 Å². The Morgan fingerprint density at radius 3 is 1.18 bits per heavy atom. The van der Waals surface area contributed by atoms with Crippen LogP contribution in [0.1, 0.15) is 11.1 Å². The van der Waals surface area contributed by atoms with Gasteiger partial charge in [-0.3, -0.25) is 0 Å². The van der Waals surface area contributed by atoms with Crippen LogP contribution in [0.5, 0.6) is 0 Å². The normalized spacial score (nSPS) is 11.9. The zero-order chi connectivity index (χ0) is 37.1. The van der Waals surface area contributed by atoms with Crippen LogP contribution < -0.4 is 0 Å².